The van der Waals surface area contributed by atoms with E-state index in [1.165, 1.54) is 5.56 Å². The molecule has 1 unspecified atom stereocenters. The summed E-state index contributed by atoms with van der Waals surface area (Å²) in [5.41, 5.74) is 0.692. The molecule has 2 heterocycles. The highest BCUT2D eigenvalue weighted by molar-refractivity contribution is 5.82. The second-order valence-corrected chi connectivity index (χ2v) is 8.30. The summed E-state index contributed by atoms with van der Waals surface area (Å²) < 4.78 is 16.2. The minimum atomic E-state index is -0.475. The van der Waals surface area contributed by atoms with Crippen molar-refractivity contribution in [3.8, 4) is 11.5 Å². The number of benzene rings is 1. The fraction of sp³-hybridized carbons (Fsp3) is 0.619. The van der Waals surface area contributed by atoms with Gasteiger partial charge in [0, 0.05) is 26.2 Å². The van der Waals surface area contributed by atoms with Gasteiger partial charge in [-0.25, -0.2) is 4.79 Å². The van der Waals surface area contributed by atoms with E-state index in [0.29, 0.717) is 19.6 Å². The average molecular weight is 405 g/mol. The fourth-order valence-electron chi connectivity index (χ4n) is 3.58. The second kappa shape index (κ2) is 8.80. The molecule has 0 radical (unpaired) electrons. The van der Waals surface area contributed by atoms with Crippen LogP contribution < -0.4 is 14.8 Å². The van der Waals surface area contributed by atoms with Gasteiger partial charge in [-0.2, -0.15) is 0 Å². The zero-order valence-corrected chi connectivity index (χ0v) is 18.0. The molecule has 3 rings (SSSR count). The summed E-state index contributed by atoms with van der Waals surface area (Å²) in [7, 11) is 3.28. The molecule has 0 spiro atoms. The number of amides is 1. The smallest absolute Gasteiger partial charge is 0.410 e. The quantitative estimate of drug-likeness (QED) is 0.810. The maximum absolute atomic E-state index is 12.3. The van der Waals surface area contributed by atoms with Crippen molar-refractivity contribution in [2.75, 3.05) is 46.9 Å². The molecule has 0 saturated carbocycles. The molecular weight excluding hydrogens is 372 g/mol. The van der Waals surface area contributed by atoms with Crippen molar-refractivity contribution >= 4 is 12.1 Å². The number of carbonyl (C=O) groups excluding carboxylic acids is 1. The van der Waals surface area contributed by atoms with E-state index in [2.05, 4.69) is 15.2 Å². The number of piperazine rings is 1. The van der Waals surface area contributed by atoms with Crippen LogP contribution in [0.4, 0.5) is 4.79 Å². The molecule has 1 aromatic rings. The van der Waals surface area contributed by atoms with E-state index in [4.69, 9.17) is 14.2 Å². The molecule has 1 atom stereocenters. The van der Waals surface area contributed by atoms with Gasteiger partial charge >= 0.3 is 6.09 Å². The van der Waals surface area contributed by atoms with Crippen LogP contribution >= 0.6 is 0 Å². The molecule has 1 saturated heterocycles. The highest BCUT2D eigenvalue weighted by Crippen LogP contribution is 2.27. The first-order valence-electron chi connectivity index (χ1n) is 10.0. The topological polar surface area (TPSA) is 75.6 Å². The van der Waals surface area contributed by atoms with Crippen LogP contribution in [0.3, 0.4) is 0 Å². The molecule has 1 amide bonds. The summed E-state index contributed by atoms with van der Waals surface area (Å²) in [4.78, 5) is 21.0. The predicted octanol–water partition coefficient (Wildman–Crippen LogP) is 2.13. The molecule has 8 nitrogen and oxygen atoms in total. The van der Waals surface area contributed by atoms with Crippen molar-refractivity contribution in [3.05, 3.63) is 23.8 Å². The molecule has 0 aromatic heterocycles. The lowest BCUT2D eigenvalue weighted by Gasteiger charge is -2.39. The molecule has 0 bridgehead atoms. The maximum Gasteiger partial charge on any atom is 0.410 e. The molecule has 1 fully saturated rings. The SMILES string of the molecule is COc1ccc(CCNC2=NCC3CN(C(=O)OC(C)(C)C)CCN23)cc1OC. The van der Waals surface area contributed by atoms with Gasteiger partial charge in [-0.05, 0) is 44.9 Å². The van der Waals surface area contributed by atoms with E-state index < -0.39 is 5.60 Å². The summed E-state index contributed by atoms with van der Waals surface area (Å²) in [6.07, 6.45) is 0.606. The molecule has 1 aromatic carbocycles. The van der Waals surface area contributed by atoms with Crippen LogP contribution in [-0.2, 0) is 11.2 Å². The lowest BCUT2D eigenvalue weighted by atomic mass is 10.1. The molecule has 160 valence electrons. The third kappa shape index (κ3) is 5.25. The monoisotopic (exact) mass is 404 g/mol. The van der Waals surface area contributed by atoms with Crippen molar-refractivity contribution < 1.29 is 19.0 Å². The zero-order valence-electron chi connectivity index (χ0n) is 18.0. The number of hydrogen-bond donors (Lipinski definition) is 1. The van der Waals surface area contributed by atoms with E-state index in [0.717, 1.165) is 37.0 Å². The van der Waals surface area contributed by atoms with Crippen LogP contribution in [0.5, 0.6) is 11.5 Å². The molecular formula is C21H32N4O4. The highest BCUT2D eigenvalue weighted by atomic mass is 16.6. The number of methoxy groups -OCH3 is 2. The van der Waals surface area contributed by atoms with Crippen molar-refractivity contribution in [3.63, 3.8) is 0 Å². The van der Waals surface area contributed by atoms with Gasteiger partial charge in [-0.1, -0.05) is 6.07 Å². The predicted molar refractivity (Wildman–Crippen MR) is 112 cm³/mol. The minimum Gasteiger partial charge on any atom is -0.493 e. The van der Waals surface area contributed by atoms with Gasteiger partial charge in [0.15, 0.2) is 17.5 Å². The maximum atomic E-state index is 12.3. The van der Waals surface area contributed by atoms with Gasteiger partial charge < -0.3 is 29.3 Å². The molecule has 2 aliphatic heterocycles. The lowest BCUT2D eigenvalue weighted by molar-refractivity contribution is 0.0137. The summed E-state index contributed by atoms with van der Waals surface area (Å²) in [5.74, 6) is 2.39. The van der Waals surface area contributed by atoms with Crippen molar-refractivity contribution in [2.24, 2.45) is 4.99 Å². The van der Waals surface area contributed by atoms with E-state index in [9.17, 15) is 4.79 Å². The largest absolute Gasteiger partial charge is 0.493 e. The first kappa shape index (κ1) is 21.1. The van der Waals surface area contributed by atoms with Crippen LogP contribution in [-0.4, -0.2) is 80.4 Å². The number of rotatable bonds is 5. The first-order valence-corrected chi connectivity index (χ1v) is 10.0. The number of hydrogen-bond acceptors (Lipinski definition) is 7. The van der Waals surface area contributed by atoms with Crippen molar-refractivity contribution in [1.29, 1.82) is 0 Å². The molecule has 8 heteroatoms. The Morgan fingerprint density at radius 3 is 2.66 bits per heavy atom. The minimum absolute atomic E-state index is 0.208. The number of nitrogens with zero attached hydrogens (tertiary/aromatic N) is 3. The number of guanidine groups is 1. The Morgan fingerprint density at radius 1 is 1.21 bits per heavy atom. The van der Waals surface area contributed by atoms with Gasteiger partial charge in [0.2, 0.25) is 0 Å². The number of nitrogens with one attached hydrogen (secondary N) is 1. The summed E-state index contributed by atoms with van der Waals surface area (Å²) in [5, 5.41) is 3.45. The van der Waals surface area contributed by atoms with E-state index in [1.807, 2.05) is 39.0 Å². The Bertz CT molecular complexity index is 760. The Kier molecular flexibility index (Phi) is 6.39. The van der Waals surface area contributed by atoms with Gasteiger partial charge in [0.05, 0.1) is 26.8 Å². The highest BCUT2D eigenvalue weighted by Gasteiger charge is 2.36. The van der Waals surface area contributed by atoms with Gasteiger partial charge in [0.25, 0.3) is 0 Å². The molecule has 2 aliphatic rings. The van der Waals surface area contributed by atoms with E-state index in [-0.39, 0.29) is 12.1 Å². The average Bonchev–Trinajstić information content (AvgIpc) is 3.08. The van der Waals surface area contributed by atoms with Crippen LogP contribution in [0, 0.1) is 0 Å². The molecule has 1 N–H and O–H groups in total. The third-order valence-electron chi connectivity index (χ3n) is 5.00. The van der Waals surface area contributed by atoms with Crippen LogP contribution in [0.15, 0.2) is 23.2 Å². The van der Waals surface area contributed by atoms with E-state index >= 15 is 0 Å². The summed E-state index contributed by atoms with van der Waals surface area (Å²) in [6, 6.07) is 6.17. The standard InChI is InChI=1S/C21H32N4O4/c1-21(2,3)29-20(26)24-10-11-25-16(14-24)13-23-19(25)22-9-8-15-6-7-17(27-4)18(12-15)28-5/h6-7,12,16H,8-11,13-14H2,1-5H3,(H,22,23). The van der Waals surface area contributed by atoms with Crippen molar-refractivity contribution in [1.82, 2.24) is 15.1 Å². The number of carbonyl (C=O) groups is 1. The first-order chi connectivity index (χ1) is 13.8. The third-order valence-corrected chi connectivity index (χ3v) is 5.00. The van der Waals surface area contributed by atoms with Crippen molar-refractivity contribution in [2.45, 2.75) is 38.8 Å². The fourth-order valence-corrected chi connectivity index (χ4v) is 3.58. The Balaban J connectivity index is 1.48. The zero-order chi connectivity index (χ0) is 21.0. The van der Waals surface area contributed by atoms with Crippen LogP contribution in [0.2, 0.25) is 0 Å². The Morgan fingerprint density at radius 2 is 1.97 bits per heavy atom. The normalized spacial score (nSPS) is 18.8. The molecule has 0 aliphatic carbocycles. The number of ether oxygens (including phenoxy) is 3. The van der Waals surface area contributed by atoms with Crippen LogP contribution in [0.25, 0.3) is 0 Å². The summed E-state index contributed by atoms with van der Waals surface area (Å²) >= 11 is 0. The van der Waals surface area contributed by atoms with E-state index in [1.54, 1.807) is 19.1 Å². The second-order valence-electron chi connectivity index (χ2n) is 8.30. The number of aliphatic imine (C=N–C) groups is 1. The van der Waals surface area contributed by atoms with Gasteiger partial charge in [-0.3, -0.25) is 4.99 Å². The van der Waals surface area contributed by atoms with Gasteiger partial charge in [0.1, 0.15) is 5.60 Å². The molecule has 29 heavy (non-hydrogen) atoms. The van der Waals surface area contributed by atoms with Crippen LogP contribution in [0.1, 0.15) is 26.3 Å². The van der Waals surface area contributed by atoms with Gasteiger partial charge in [-0.15, -0.1) is 0 Å². The Labute approximate surface area is 172 Å². The Hall–Kier alpha value is -2.64. The summed E-state index contributed by atoms with van der Waals surface area (Å²) in [6.45, 7) is 9.17. The number of fused-ring (bicyclic) bond motifs is 1. The lowest BCUT2D eigenvalue weighted by Crippen LogP contribution is -2.57.